The molecule has 6 aromatic carbocycles. The van der Waals surface area contributed by atoms with Crippen molar-refractivity contribution in [3.63, 3.8) is 0 Å². The maximum Gasteiger partial charge on any atom is 0.338 e. The normalized spacial score (nSPS) is 17.7. The Balaban J connectivity index is 1.93. The van der Waals surface area contributed by atoms with Gasteiger partial charge in [-0.05, 0) is 100 Å². The number of fused-ring (bicyclic) bond motifs is 4. The molecule has 0 amide bonds. The van der Waals surface area contributed by atoms with Gasteiger partial charge in [0.05, 0.1) is 71.9 Å². The largest absolute Gasteiger partial charge is 0.468 e. The number of hydrogen-bond acceptors (Lipinski definition) is 8. The number of rotatable bonds is 10. The minimum atomic E-state index is -2.62. The first-order chi connectivity index (χ1) is 30.8. The van der Waals surface area contributed by atoms with Gasteiger partial charge < -0.3 is 18.9 Å². The highest BCUT2D eigenvalue weighted by atomic mass is 28.3. The predicted octanol–water partition coefficient (Wildman–Crippen LogP) is 11.3. The molecule has 0 bridgehead atoms. The summed E-state index contributed by atoms with van der Waals surface area (Å²) in [6.45, 7) is 26.2. The molecule has 0 N–H and O–H groups in total. The molecule has 66 heavy (non-hydrogen) atoms. The summed E-state index contributed by atoms with van der Waals surface area (Å²) < 4.78 is 22.7. The van der Waals surface area contributed by atoms with Gasteiger partial charge in [-0.2, -0.15) is 0 Å². The van der Waals surface area contributed by atoms with E-state index in [1.54, 1.807) is 0 Å². The third-order valence-electron chi connectivity index (χ3n) is 13.9. The fraction of sp³-hybridized carbons (Fsp3) is 0.333. The molecule has 0 saturated heterocycles. The topological polar surface area (TPSA) is 105 Å². The van der Waals surface area contributed by atoms with E-state index in [2.05, 4.69) is 127 Å². The molecule has 8 nitrogen and oxygen atoms in total. The highest BCUT2D eigenvalue weighted by Gasteiger charge is 2.61. The quantitative estimate of drug-likeness (QED) is 0.0440. The van der Waals surface area contributed by atoms with Gasteiger partial charge in [0.2, 0.25) is 0 Å². The number of hydrogen-bond donors (Lipinski definition) is 0. The van der Waals surface area contributed by atoms with Crippen LogP contribution in [0.4, 0.5) is 0 Å². The third-order valence-corrected chi connectivity index (χ3v) is 24.0. The Bertz CT molecular complexity index is 2820. The van der Waals surface area contributed by atoms with Crippen LogP contribution in [0.5, 0.6) is 0 Å². The summed E-state index contributed by atoms with van der Waals surface area (Å²) in [4.78, 5) is 58.2. The van der Waals surface area contributed by atoms with E-state index in [0.29, 0.717) is 0 Å². The van der Waals surface area contributed by atoms with E-state index >= 15 is 0 Å². The van der Waals surface area contributed by atoms with E-state index in [-0.39, 0.29) is 23.1 Å². The molecule has 6 aromatic rings. The van der Waals surface area contributed by atoms with Crippen molar-refractivity contribution in [2.45, 2.75) is 88.6 Å². The van der Waals surface area contributed by atoms with Crippen molar-refractivity contribution >= 4 is 98.9 Å². The van der Waals surface area contributed by atoms with Gasteiger partial charge in [0.1, 0.15) is 10.1 Å². The van der Waals surface area contributed by atoms with Crippen LogP contribution in [0.25, 0.3) is 54.6 Å². The summed E-state index contributed by atoms with van der Waals surface area (Å²) >= 11 is 0. The molecular weight excluding hydrogens is 889 g/mol. The zero-order valence-corrected chi connectivity index (χ0v) is 45.5. The molecule has 0 aromatic heterocycles. The summed E-state index contributed by atoms with van der Waals surface area (Å²) in [6, 6.07) is 29.4. The van der Waals surface area contributed by atoms with Crippen molar-refractivity contribution in [3.8, 4) is 22.3 Å². The summed E-state index contributed by atoms with van der Waals surface area (Å²) in [5.41, 5.74) is 5.87. The minimum Gasteiger partial charge on any atom is -0.468 e. The molecule has 344 valence electrons. The first-order valence-electron chi connectivity index (χ1n) is 22.6. The van der Waals surface area contributed by atoms with E-state index in [4.69, 9.17) is 18.9 Å². The molecule has 1 aliphatic rings. The molecule has 12 heteroatoms. The zero-order valence-electron chi connectivity index (χ0n) is 41.5. The molecule has 2 unspecified atom stereocenters. The van der Waals surface area contributed by atoms with E-state index in [9.17, 15) is 19.2 Å². The fourth-order valence-electron chi connectivity index (χ4n) is 10.9. The molecule has 0 heterocycles. The van der Waals surface area contributed by atoms with Gasteiger partial charge in [0, 0.05) is 0 Å². The lowest BCUT2D eigenvalue weighted by Crippen LogP contribution is -2.62. The van der Waals surface area contributed by atoms with Crippen molar-refractivity contribution in [1.29, 1.82) is 0 Å². The van der Waals surface area contributed by atoms with Gasteiger partial charge in [0.15, 0.2) is 0 Å². The predicted molar refractivity (Wildman–Crippen MR) is 282 cm³/mol. The van der Waals surface area contributed by atoms with Gasteiger partial charge in [-0.1, -0.05) is 151 Å². The second-order valence-electron chi connectivity index (χ2n) is 21.8. The Hall–Kier alpha value is -5.41. The van der Waals surface area contributed by atoms with E-state index in [1.165, 1.54) is 28.4 Å². The summed E-state index contributed by atoms with van der Waals surface area (Å²) in [5.74, 6) is -1.86. The molecule has 0 saturated carbocycles. The van der Waals surface area contributed by atoms with Crippen LogP contribution < -0.4 is 10.4 Å². The van der Waals surface area contributed by atoms with E-state index in [1.807, 2.05) is 48.6 Å². The summed E-state index contributed by atoms with van der Waals surface area (Å²) in [6.07, 6.45) is 3.96. The van der Waals surface area contributed by atoms with Crippen LogP contribution in [-0.2, 0) is 38.6 Å². The smallest absolute Gasteiger partial charge is 0.338 e. The number of esters is 4. The second-order valence-corrected chi connectivity index (χ2v) is 42.4. The zero-order chi connectivity index (χ0) is 48.7. The van der Waals surface area contributed by atoms with Crippen molar-refractivity contribution in [2.75, 3.05) is 28.4 Å². The number of benzene rings is 6. The highest BCUT2D eigenvalue weighted by molar-refractivity contribution is 6.94. The number of methoxy groups -OCH3 is 4. The Morgan fingerprint density at radius 3 is 0.970 bits per heavy atom. The number of ether oxygens (including phenoxy) is 4. The van der Waals surface area contributed by atoms with Crippen LogP contribution >= 0.6 is 0 Å². The SMILES string of the molecule is COC(=O)c1c(C(=O)OC)c([Si](C)(C)C)c2cc3c(-c4ccccc4)c4cc5c(cc4c(-c4ccccc4)c3cc2c1[Si](C)(C)C)C(C(=O)OC)([Si](C)(C)C)C=CC5(C(=O)OC)[Si](C)(C)C. The van der Waals surface area contributed by atoms with Crippen LogP contribution in [0.15, 0.2) is 97.1 Å². The maximum absolute atomic E-state index is 14.8. The molecular formula is C54H64O8Si4. The molecule has 2 atom stereocenters. The molecule has 1 aliphatic carbocycles. The lowest BCUT2D eigenvalue weighted by atomic mass is 9.76. The Morgan fingerprint density at radius 1 is 0.409 bits per heavy atom. The average Bonchev–Trinajstić information content (AvgIpc) is 3.26. The van der Waals surface area contributed by atoms with Gasteiger partial charge >= 0.3 is 23.9 Å². The molecule has 0 radical (unpaired) electrons. The monoisotopic (exact) mass is 952 g/mol. The van der Waals surface area contributed by atoms with Crippen molar-refractivity contribution < 1.29 is 38.1 Å². The third kappa shape index (κ3) is 7.26. The maximum atomic E-state index is 14.8. The standard InChI is InChI=1S/C54H64O8Si4/c1-59-49(55)45-46(50(56)60-2)48(64(8,9)10)40-30-36-35(29-39(40)47(45)63(5,6)7)43(33-23-19-17-20-24-33)37-31-41-42(32-38(37)44(36)34-25-21-18-22-26-34)54(52(58)62-4,66(14,15)16)28-27-53(41,51(57)61-3)65(11,12)13/h17-32H,1-16H3. The van der Waals surface area contributed by atoms with Gasteiger partial charge in [-0.15, -0.1) is 0 Å². The number of carbonyl (C=O) groups is 4. The van der Waals surface area contributed by atoms with Crippen molar-refractivity contribution in [2.24, 2.45) is 0 Å². The van der Waals surface area contributed by atoms with Gasteiger partial charge in [-0.3, -0.25) is 9.59 Å². The van der Waals surface area contributed by atoms with Crippen molar-refractivity contribution in [3.05, 3.63) is 119 Å². The van der Waals surface area contributed by atoms with Crippen LogP contribution in [-0.4, -0.2) is 84.6 Å². The van der Waals surface area contributed by atoms with Gasteiger partial charge in [-0.25, -0.2) is 9.59 Å². The minimum absolute atomic E-state index is 0.280. The number of carbonyl (C=O) groups excluding carboxylic acids is 4. The fourth-order valence-corrected chi connectivity index (χ4v) is 19.5. The Kier molecular flexibility index (Phi) is 12.3. The summed E-state index contributed by atoms with van der Waals surface area (Å²) in [5, 5.41) is 4.80. The Morgan fingerprint density at radius 2 is 0.712 bits per heavy atom. The van der Waals surface area contributed by atoms with Crippen LogP contribution in [0.1, 0.15) is 31.8 Å². The first kappa shape index (κ1) is 48.5. The molecule has 0 aliphatic heterocycles. The van der Waals surface area contributed by atoms with Crippen LogP contribution in [0.2, 0.25) is 78.6 Å². The first-order valence-corrected chi connectivity index (χ1v) is 36.6. The van der Waals surface area contributed by atoms with Gasteiger partial charge in [0.25, 0.3) is 0 Å². The molecule has 0 fully saturated rings. The average molecular weight is 953 g/mol. The van der Waals surface area contributed by atoms with E-state index < -0.39 is 54.3 Å². The lowest BCUT2D eigenvalue weighted by molar-refractivity contribution is -0.145. The molecule has 0 spiro atoms. The highest BCUT2D eigenvalue weighted by Crippen LogP contribution is 2.55. The summed E-state index contributed by atoms with van der Waals surface area (Å²) in [7, 11) is -4.67. The van der Waals surface area contributed by atoms with Crippen LogP contribution in [0, 0.1) is 0 Å². The lowest BCUT2D eigenvalue weighted by Gasteiger charge is -2.50. The van der Waals surface area contributed by atoms with Crippen LogP contribution in [0.3, 0.4) is 0 Å². The van der Waals surface area contributed by atoms with Crippen molar-refractivity contribution in [1.82, 2.24) is 0 Å². The van der Waals surface area contributed by atoms with E-state index in [0.717, 1.165) is 76.1 Å². The Labute approximate surface area is 393 Å². The second kappa shape index (κ2) is 16.7. The molecule has 7 rings (SSSR count).